The van der Waals surface area contributed by atoms with Crippen molar-refractivity contribution < 1.29 is 9.53 Å². The van der Waals surface area contributed by atoms with E-state index in [0.717, 1.165) is 24.5 Å². The van der Waals surface area contributed by atoms with Gasteiger partial charge in [-0.2, -0.15) is 0 Å². The number of piperidine rings is 1. The highest BCUT2D eigenvalue weighted by Gasteiger charge is 2.16. The molecule has 0 atom stereocenters. The number of hydrogen-bond acceptors (Lipinski definition) is 4. The zero-order chi connectivity index (χ0) is 19.9. The fraction of sp³-hybridized carbons (Fsp3) is 0.333. The van der Waals surface area contributed by atoms with Crippen LogP contribution in [0.4, 0.5) is 11.4 Å². The van der Waals surface area contributed by atoms with Crippen LogP contribution in [0.15, 0.2) is 42.5 Å². The van der Waals surface area contributed by atoms with Crippen molar-refractivity contribution in [2.45, 2.75) is 26.2 Å². The SMILES string of the molecule is CCOc1ccc(C(=O)NC(=S)Nc2ccccc2N2CCCCC2)cc1Cl. The van der Waals surface area contributed by atoms with Crippen molar-refractivity contribution in [2.75, 3.05) is 29.9 Å². The second kappa shape index (κ2) is 9.75. The molecule has 1 aliphatic heterocycles. The standard InChI is InChI=1S/C21H24ClN3O2S/c1-2-27-19-11-10-15(14-16(19)22)20(26)24-21(28)23-17-8-4-5-9-18(17)25-12-6-3-7-13-25/h4-5,8-11,14H,2-3,6-7,12-13H2,1H3,(H2,23,24,26,28). The molecular weight excluding hydrogens is 394 g/mol. The van der Waals surface area contributed by atoms with Gasteiger partial charge >= 0.3 is 0 Å². The van der Waals surface area contributed by atoms with E-state index in [2.05, 4.69) is 21.6 Å². The molecule has 1 heterocycles. The monoisotopic (exact) mass is 417 g/mol. The first-order valence-electron chi connectivity index (χ1n) is 9.47. The molecule has 7 heteroatoms. The van der Waals surface area contributed by atoms with Gasteiger partial charge in [0, 0.05) is 18.7 Å². The van der Waals surface area contributed by atoms with Crippen LogP contribution in [0.25, 0.3) is 0 Å². The number of hydrogen-bond donors (Lipinski definition) is 2. The molecular formula is C21H24ClN3O2S. The van der Waals surface area contributed by atoms with Crippen molar-refractivity contribution >= 4 is 46.2 Å². The number of para-hydroxylation sites is 2. The Morgan fingerprint density at radius 2 is 1.93 bits per heavy atom. The maximum atomic E-state index is 12.5. The number of rotatable bonds is 5. The first-order valence-corrected chi connectivity index (χ1v) is 10.3. The lowest BCUT2D eigenvalue weighted by molar-refractivity contribution is 0.0977. The second-order valence-corrected chi connectivity index (χ2v) is 7.37. The molecule has 0 aromatic heterocycles. The average molecular weight is 418 g/mol. The number of amides is 1. The van der Waals surface area contributed by atoms with Gasteiger partial charge in [-0.25, -0.2) is 0 Å². The van der Waals surface area contributed by atoms with Crippen LogP contribution in [0.2, 0.25) is 5.02 Å². The highest BCUT2D eigenvalue weighted by molar-refractivity contribution is 7.80. The molecule has 1 saturated heterocycles. The molecule has 5 nitrogen and oxygen atoms in total. The van der Waals surface area contributed by atoms with Crippen LogP contribution in [-0.4, -0.2) is 30.7 Å². The van der Waals surface area contributed by atoms with Gasteiger partial charge in [0.15, 0.2) is 5.11 Å². The predicted octanol–water partition coefficient (Wildman–Crippen LogP) is 4.86. The zero-order valence-corrected chi connectivity index (χ0v) is 17.4. The van der Waals surface area contributed by atoms with Crippen LogP contribution in [0.1, 0.15) is 36.5 Å². The van der Waals surface area contributed by atoms with Gasteiger partial charge in [0.1, 0.15) is 5.75 Å². The number of nitrogens with one attached hydrogen (secondary N) is 2. The molecule has 2 aromatic carbocycles. The molecule has 148 valence electrons. The van der Waals surface area contributed by atoms with Gasteiger partial charge in [-0.3, -0.25) is 10.1 Å². The van der Waals surface area contributed by atoms with E-state index in [4.69, 9.17) is 28.6 Å². The van der Waals surface area contributed by atoms with Crippen LogP contribution in [0, 0.1) is 0 Å². The molecule has 0 bridgehead atoms. The lowest BCUT2D eigenvalue weighted by Gasteiger charge is -2.30. The smallest absolute Gasteiger partial charge is 0.257 e. The quantitative estimate of drug-likeness (QED) is 0.680. The van der Waals surface area contributed by atoms with Crippen LogP contribution < -0.4 is 20.3 Å². The molecule has 0 aliphatic carbocycles. The Kier molecular flexibility index (Phi) is 7.12. The summed E-state index contributed by atoms with van der Waals surface area (Å²) in [7, 11) is 0. The minimum atomic E-state index is -0.321. The van der Waals surface area contributed by atoms with Crippen LogP contribution in [0.5, 0.6) is 5.75 Å². The van der Waals surface area contributed by atoms with E-state index >= 15 is 0 Å². The molecule has 0 saturated carbocycles. The van der Waals surface area contributed by atoms with Gasteiger partial charge in [0.2, 0.25) is 0 Å². The van der Waals surface area contributed by atoms with Crippen molar-refractivity contribution in [2.24, 2.45) is 0 Å². The van der Waals surface area contributed by atoms with Crippen LogP contribution in [-0.2, 0) is 0 Å². The number of benzene rings is 2. The number of anilines is 2. The third-order valence-electron chi connectivity index (χ3n) is 4.57. The van der Waals surface area contributed by atoms with Gasteiger partial charge in [-0.15, -0.1) is 0 Å². The van der Waals surface area contributed by atoms with Gasteiger partial charge in [-0.1, -0.05) is 23.7 Å². The molecule has 28 heavy (non-hydrogen) atoms. The summed E-state index contributed by atoms with van der Waals surface area (Å²) in [4.78, 5) is 14.9. The van der Waals surface area contributed by atoms with E-state index in [1.54, 1.807) is 18.2 Å². The van der Waals surface area contributed by atoms with Crippen molar-refractivity contribution in [3.05, 3.63) is 53.1 Å². The van der Waals surface area contributed by atoms with E-state index in [1.165, 1.54) is 19.3 Å². The first kappa shape index (κ1) is 20.4. The molecule has 2 N–H and O–H groups in total. The Balaban J connectivity index is 1.66. The molecule has 0 spiro atoms. The summed E-state index contributed by atoms with van der Waals surface area (Å²) in [6.07, 6.45) is 3.65. The summed E-state index contributed by atoms with van der Waals surface area (Å²) < 4.78 is 5.40. The van der Waals surface area contributed by atoms with Crippen molar-refractivity contribution in [3.63, 3.8) is 0 Å². The number of carbonyl (C=O) groups excluding carboxylic acids is 1. The Bertz CT molecular complexity index is 853. The third kappa shape index (κ3) is 5.14. The topological polar surface area (TPSA) is 53.6 Å². The Labute approximate surface area is 176 Å². The normalized spacial score (nSPS) is 13.7. The van der Waals surface area contributed by atoms with Crippen molar-refractivity contribution in [1.82, 2.24) is 5.32 Å². The average Bonchev–Trinajstić information content (AvgIpc) is 2.70. The van der Waals surface area contributed by atoms with Crippen LogP contribution >= 0.6 is 23.8 Å². The maximum Gasteiger partial charge on any atom is 0.257 e. The summed E-state index contributed by atoms with van der Waals surface area (Å²) in [6, 6.07) is 12.9. The van der Waals surface area contributed by atoms with E-state index in [0.29, 0.717) is 22.9 Å². The molecule has 1 aliphatic rings. The summed E-state index contributed by atoms with van der Waals surface area (Å²) in [6.45, 7) is 4.45. The first-order chi connectivity index (χ1) is 13.6. The summed E-state index contributed by atoms with van der Waals surface area (Å²) in [5.41, 5.74) is 2.41. The minimum absolute atomic E-state index is 0.250. The number of ether oxygens (including phenoxy) is 1. The predicted molar refractivity (Wildman–Crippen MR) is 119 cm³/mol. The van der Waals surface area contributed by atoms with E-state index < -0.39 is 0 Å². The highest BCUT2D eigenvalue weighted by atomic mass is 35.5. The lowest BCUT2D eigenvalue weighted by atomic mass is 10.1. The minimum Gasteiger partial charge on any atom is -0.492 e. The van der Waals surface area contributed by atoms with E-state index in [-0.39, 0.29) is 11.0 Å². The largest absolute Gasteiger partial charge is 0.492 e. The molecule has 0 unspecified atom stereocenters. The summed E-state index contributed by atoms with van der Waals surface area (Å²) >= 11 is 11.5. The number of halogens is 1. The second-order valence-electron chi connectivity index (χ2n) is 6.55. The van der Waals surface area contributed by atoms with E-state index in [1.807, 2.05) is 25.1 Å². The Morgan fingerprint density at radius 1 is 1.18 bits per heavy atom. The molecule has 0 radical (unpaired) electrons. The molecule has 1 fully saturated rings. The fourth-order valence-corrected chi connectivity index (χ4v) is 3.67. The van der Waals surface area contributed by atoms with Crippen LogP contribution in [0.3, 0.4) is 0 Å². The molecule has 3 rings (SSSR count). The molecule has 2 aromatic rings. The number of nitrogens with zero attached hydrogens (tertiary/aromatic N) is 1. The fourth-order valence-electron chi connectivity index (χ4n) is 3.23. The van der Waals surface area contributed by atoms with Crippen molar-refractivity contribution in [1.29, 1.82) is 0 Å². The third-order valence-corrected chi connectivity index (χ3v) is 5.07. The van der Waals surface area contributed by atoms with Gasteiger partial charge in [0.25, 0.3) is 5.91 Å². The van der Waals surface area contributed by atoms with Gasteiger partial charge in [-0.05, 0) is 68.7 Å². The van der Waals surface area contributed by atoms with Crippen molar-refractivity contribution in [3.8, 4) is 5.75 Å². The maximum absolute atomic E-state index is 12.5. The number of thiocarbonyl (C=S) groups is 1. The Morgan fingerprint density at radius 3 is 2.64 bits per heavy atom. The van der Waals surface area contributed by atoms with Gasteiger partial charge < -0.3 is 15.0 Å². The van der Waals surface area contributed by atoms with E-state index in [9.17, 15) is 4.79 Å². The summed E-state index contributed by atoms with van der Waals surface area (Å²) in [5, 5.41) is 6.51. The van der Waals surface area contributed by atoms with Gasteiger partial charge in [0.05, 0.1) is 23.0 Å². The highest BCUT2D eigenvalue weighted by Crippen LogP contribution is 2.28. The Hall–Kier alpha value is -2.31. The number of carbonyl (C=O) groups is 1. The summed E-state index contributed by atoms with van der Waals surface area (Å²) in [5.74, 6) is 0.231. The zero-order valence-electron chi connectivity index (χ0n) is 15.8. The lowest BCUT2D eigenvalue weighted by Crippen LogP contribution is -2.35. The molecule has 1 amide bonds.